The van der Waals surface area contributed by atoms with Crippen LogP contribution in [-0.2, 0) is 11.3 Å². The predicted molar refractivity (Wildman–Crippen MR) is 75.8 cm³/mol. The molecular weight excluding hydrogens is 326 g/mol. The molecule has 0 N–H and O–H groups in total. The zero-order valence-corrected chi connectivity index (χ0v) is 13.0. The van der Waals surface area contributed by atoms with Crippen molar-refractivity contribution in [2.75, 3.05) is 7.11 Å². The van der Waals surface area contributed by atoms with Gasteiger partial charge in [0.15, 0.2) is 0 Å². The van der Waals surface area contributed by atoms with Gasteiger partial charge in [-0.15, -0.1) is 0 Å². The van der Waals surface area contributed by atoms with Gasteiger partial charge < -0.3 is 14.0 Å². The number of carbonyl (C=O) groups excluding carboxylic acids is 1. The van der Waals surface area contributed by atoms with E-state index in [0.29, 0.717) is 22.8 Å². The molecule has 0 radical (unpaired) electrons. The Kier molecular flexibility index (Phi) is 4.44. The van der Waals surface area contributed by atoms with Crippen molar-refractivity contribution in [3.63, 3.8) is 0 Å². The molecule has 0 aliphatic rings. The molecule has 6 heteroatoms. The average molecular weight is 340 g/mol. The summed E-state index contributed by atoms with van der Waals surface area (Å²) in [6.45, 7) is 3.49. The number of benzene rings is 1. The van der Waals surface area contributed by atoms with Crippen LogP contribution in [0.15, 0.2) is 27.2 Å². The normalized spacial score (nSPS) is 10.4. The van der Waals surface area contributed by atoms with Crippen molar-refractivity contribution in [3.05, 3.63) is 45.3 Å². The summed E-state index contributed by atoms with van der Waals surface area (Å²) < 4.78 is 16.4. The summed E-state index contributed by atoms with van der Waals surface area (Å²) in [6.07, 6.45) is 0. The first-order valence-corrected chi connectivity index (χ1v) is 6.74. The molecule has 0 bridgehead atoms. The maximum atomic E-state index is 12.0. The van der Waals surface area contributed by atoms with Gasteiger partial charge in [-0.05, 0) is 32.0 Å². The van der Waals surface area contributed by atoms with Crippen LogP contribution in [0.4, 0.5) is 0 Å². The van der Waals surface area contributed by atoms with Gasteiger partial charge in [0.2, 0.25) is 0 Å². The Bertz CT molecular complexity index is 617. The number of ether oxygens (including phenoxy) is 2. The molecule has 2 rings (SSSR count). The van der Waals surface area contributed by atoms with Crippen LogP contribution in [0.3, 0.4) is 0 Å². The monoisotopic (exact) mass is 339 g/mol. The Labute approximate surface area is 125 Å². The Hall–Kier alpha value is -1.82. The minimum Gasteiger partial charge on any atom is -0.496 e. The molecule has 0 atom stereocenters. The zero-order chi connectivity index (χ0) is 14.7. The van der Waals surface area contributed by atoms with Crippen molar-refractivity contribution in [2.45, 2.75) is 20.5 Å². The fraction of sp³-hybridized carbons (Fsp3) is 0.286. The summed E-state index contributed by atoms with van der Waals surface area (Å²) in [4.78, 5) is 12.0. The molecule has 1 aromatic carbocycles. The molecule has 0 fully saturated rings. The van der Waals surface area contributed by atoms with Gasteiger partial charge in [-0.2, -0.15) is 0 Å². The predicted octanol–water partition coefficient (Wildman–Crippen LogP) is 3.42. The second-order valence-electron chi connectivity index (χ2n) is 4.23. The average Bonchev–Trinajstić information content (AvgIpc) is 2.76. The van der Waals surface area contributed by atoms with E-state index in [2.05, 4.69) is 21.1 Å². The molecule has 0 saturated heterocycles. The number of carbonyl (C=O) groups is 1. The highest BCUT2D eigenvalue weighted by Gasteiger charge is 2.19. The fourth-order valence-corrected chi connectivity index (χ4v) is 2.26. The molecule has 1 aromatic heterocycles. The lowest BCUT2D eigenvalue weighted by Crippen LogP contribution is -2.08. The van der Waals surface area contributed by atoms with E-state index in [0.717, 1.165) is 10.0 Å². The Morgan fingerprint density at radius 2 is 2.15 bits per heavy atom. The van der Waals surface area contributed by atoms with Crippen molar-refractivity contribution in [2.24, 2.45) is 0 Å². The van der Waals surface area contributed by atoms with E-state index in [9.17, 15) is 4.79 Å². The Morgan fingerprint density at radius 1 is 1.40 bits per heavy atom. The largest absolute Gasteiger partial charge is 0.496 e. The SMILES string of the molecule is COc1ccc(Br)cc1COC(=O)c1c(C)noc1C. The molecule has 0 amide bonds. The lowest BCUT2D eigenvalue weighted by atomic mass is 10.2. The van der Waals surface area contributed by atoms with Gasteiger partial charge >= 0.3 is 5.97 Å². The molecular formula is C14H14BrNO4. The summed E-state index contributed by atoms with van der Waals surface area (Å²) in [5, 5.41) is 3.73. The Balaban J connectivity index is 2.13. The fourth-order valence-electron chi connectivity index (χ4n) is 1.85. The molecule has 0 aliphatic heterocycles. The number of aryl methyl sites for hydroxylation is 2. The highest BCUT2D eigenvalue weighted by atomic mass is 79.9. The third-order valence-electron chi connectivity index (χ3n) is 2.84. The second-order valence-corrected chi connectivity index (χ2v) is 5.15. The highest BCUT2D eigenvalue weighted by Crippen LogP contribution is 2.24. The quantitative estimate of drug-likeness (QED) is 0.798. The summed E-state index contributed by atoms with van der Waals surface area (Å²) >= 11 is 3.37. The van der Waals surface area contributed by atoms with E-state index in [-0.39, 0.29) is 6.61 Å². The van der Waals surface area contributed by atoms with Gasteiger partial charge in [-0.25, -0.2) is 4.79 Å². The number of halogens is 1. The lowest BCUT2D eigenvalue weighted by molar-refractivity contribution is 0.0467. The van der Waals surface area contributed by atoms with Gasteiger partial charge in [0.1, 0.15) is 23.7 Å². The van der Waals surface area contributed by atoms with Crippen molar-refractivity contribution >= 4 is 21.9 Å². The first-order valence-electron chi connectivity index (χ1n) is 5.95. The van der Waals surface area contributed by atoms with Gasteiger partial charge in [-0.3, -0.25) is 0 Å². The highest BCUT2D eigenvalue weighted by molar-refractivity contribution is 9.10. The number of hydrogen-bond acceptors (Lipinski definition) is 5. The van der Waals surface area contributed by atoms with E-state index in [1.807, 2.05) is 18.2 Å². The van der Waals surface area contributed by atoms with E-state index < -0.39 is 5.97 Å². The van der Waals surface area contributed by atoms with Crippen LogP contribution >= 0.6 is 15.9 Å². The number of rotatable bonds is 4. The maximum Gasteiger partial charge on any atom is 0.344 e. The number of hydrogen-bond donors (Lipinski definition) is 0. The van der Waals surface area contributed by atoms with Crippen molar-refractivity contribution < 1.29 is 18.8 Å². The smallest absolute Gasteiger partial charge is 0.344 e. The Morgan fingerprint density at radius 3 is 2.75 bits per heavy atom. The summed E-state index contributed by atoms with van der Waals surface area (Å²) in [6, 6.07) is 5.51. The number of aromatic nitrogens is 1. The van der Waals surface area contributed by atoms with Crippen LogP contribution < -0.4 is 4.74 Å². The minimum atomic E-state index is -0.455. The molecule has 20 heavy (non-hydrogen) atoms. The van der Waals surface area contributed by atoms with E-state index >= 15 is 0 Å². The minimum absolute atomic E-state index is 0.117. The topological polar surface area (TPSA) is 61.6 Å². The van der Waals surface area contributed by atoms with Crippen molar-refractivity contribution in [3.8, 4) is 5.75 Å². The lowest BCUT2D eigenvalue weighted by Gasteiger charge is -2.09. The summed E-state index contributed by atoms with van der Waals surface area (Å²) in [5.41, 5.74) is 1.68. The molecule has 5 nitrogen and oxygen atoms in total. The number of nitrogens with zero attached hydrogens (tertiary/aromatic N) is 1. The van der Waals surface area contributed by atoms with E-state index in [1.165, 1.54) is 0 Å². The number of esters is 1. The van der Waals surface area contributed by atoms with Crippen LogP contribution in [-0.4, -0.2) is 18.2 Å². The third kappa shape index (κ3) is 3.01. The van der Waals surface area contributed by atoms with Crippen LogP contribution in [0.1, 0.15) is 27.4 Å². The first-order chi connectivity index (χ1) is 9.52. The van der Waals surface area contributed by atoms with Crippen LogP contribution in [0, 0.1) is 13.8 Å². The molecule has 0 saturated carbocycles. The summed E-state index contributed by atoms with van der Waals surface area (Å²) in [7, 11) is 1.57. The standard InChI is InChI=1S/C14H14BrNO4/c1-8-13(9(2)20-16-8)14(17)19-7-10-6-11(15)4-5-12(10)18-3/h4-6H,7H2,1-3H3. The molecule has 0 unspecified atom stereocenters. The van der Waals surface area contributed by atoms with E-state index in [1.54, 1.807) is 21.0 Å². The van der Waals surface area contributed by atoms with Gasteiger partial charge in [0, 0.05) is 10.0 Å². The zero-order valence-electron chi connectivity index (χ0n) is 11.4. The van der Waals surface area contributed by atoms with Gasteiger partial charge in [0.05, 0.1) is 12.8 Å². The molecule has 0 aliphatic carbocycles. The van der Waals surface area contributed by atoms with Gasteiger partial charge in [-0.1, -0.05) is 21.1 Å². The van der Waals surface area contributed by atoms with E-state index in [4.69, 9.17) is 14.0 Å². The van der Waals surface area contributed by atoms with Crippen molar-refractivity contribution in [1.82, 2.24) is 5.16 Å². The molecule has 106 valence electrons. The van der Waals surface area contributed by atoms with Crippen LogP contribution in [0.2, 0.25) is 0 Å². The second kappa shape index (κ2) is 6.09. The number of methoxy groups -OCH3 is 1. The third-order valence-corrected chi connectivity index (χ3v) is 3.33. The van der Waals surface area contributed by atoms with Gasteiger partial charge in [0.25, 0.3) is 0 Å². The van der Waals surface area contributed by atoms with Crippen LogP contribution in [0.5, 0.6) is 5.75 Å². The van der Waals surface area contributed by atoms with Crippen molar-refractivity contribution in [1.29, 1.82) is 0 Å². The first kappa shape index (κ1) is 14.6. The molecule has 0 spiro atoms. The van der Waals surface area contributed by atoms with Crippen LogP contribution in [0.25, 0.3) is 0 Å². The molecule has 2 aromatic rings. The summed E-state index contributed by atoms with van der Waals surface area (Å²) in [5.74, 6) is 0.664. The molecule has 1 heterocycles. The maximum absolute atomic E-state index is 12.0.